The van der Waals surface area contributed by atoms with Crippen LogP contribution in [0.5, 0.6) is 0 Å². The molecule has 0 atom stereocenters. The maximum absolute atomic E-state index is 12.0. The molecule has 0 unspecified atom stereocenters. The predicted molar refractivity (Wildman–Crippen MR) is 76.0 cm³/mol. The zero-order chi connectivity index (χ0) is 14.6. The summed E-state index contributed by atoms with van der Waals surface area (Å²) in [6.07, 6.45) is 1.27. The van der Waals surface area contributed by atoms with Crippen LogP contribution >= 0.6 is 10.7 Å². The largest absolute Gasteiger partial charge is 0.445 e. The van der Waals surface area contributed by atoms with Crippen LogP contribution in [-0.2, 0) is 20.4 Å². The molecule has 1 aromatic rings. The lowest BCUT2D eigenvalue weighted by molar-refractivity contribution is 0.0958. The van der Waals surface area contributed by atoms with Crippen molar-refractivity contribution in [1.82, 2.24) is 4.90 Å². The van der Waals surface area contributed by atoms with Crippen molar-refractivity contribution in [2.45, 2.75) is 25.5 Å². The first-order valence-corrected chi connectivity index (χ1v) is 8.83. The Morgan fingerprint density at radius 3 is 2.50 bits per heavy atom. The van der Waals surface area contributed by atoms with Gasteiger partial charge in [0, 0.05) is 23.3 Å². The number of ether oxygens (including phenoxy) is 1. The minimum absolute atomic E-state index is 0.0735. The zero-order valence-corrected chi connectivity index (χ0v) is 12.4. The van der Waals surface area contributed by atoms with E-state index in [4.69, 9.17) is 15.4 Å². The van der Waals surface area contributed by atoms with Crippen LogP contribution in [0, 0.1) is 0 Å². The molecule has 1 aliphatic rings. The summed E-state index contributed by atoms with van der Waals surface area (Å²) in [6, 6.07) is 9.41. The number of hydrogen-bond acceptors (Lipinski definition) is 4. The van der Waals surface area contributed by atoms with E-state index in [2.05, 4.69) is 0 Å². The maximum Gasteiger partial charge on any atom is 0.410 e. The number of hydrogen-bond donors (Lipinski definition) is 0. The Morgan fingerprint density at radius 1 is 1.30 bits per heavy atom. The van der Waals surface area contributed by atoms with E-state index >= 15 is 0 Å². The fourth-order valence-electron chi connectivity index (χ4n) is 1.82. The van der Waals surface area contributed by atoms with Crippen LogP contribution in [0.4, 0.5) is 4.79 Å². The second kappa shape index (κ2) is 6.45. The molecule has 7 heteroatoms. The van der Waals surface area contributed by atoms with Gasteiger partial charge in [-0.25, -0.2) is 13.2 Å². The van der Waals surface area contributed by atoms with Crippen LogP contribution in [0.3, 0.4) is 0 Å². The third-order valence-electron chi connectivity index (χ3n) is 3.00. The number of halogens is 1. The van der Waals surface area contributed by atoms with Crippen molar-refractivity contribution < 1.29 is 17.9 Å². The van der Waals surface area contributed by atoms with Crippen molar-refractivity contribution in [1.29, 1.82) is 0 Å². The Hall–Kier alpha value is -1.27. The molecule has 2 rings (SSSR count). The molecule has 110 valence electrons. The van der Waals surface area contributed by atoms with E-state index in [9.17, 15) is 13.2 Å². The van der Waals surface area contributed by atoms with Crippen molar-refractivity contribution in [3.8, 4) is 0 Å². The van der Waals surface area contributed by atoms with Gasteiger partial charge in [-0.05, 0) is 18.4 Å². The van der Waals surface area contributed by atoms with Gasteiger partial charge in [-0.3, -0.25) is 0 Å². The molecule has 0 spiro atoms. The van der Waals surface area contributed by atoms with Gasteiger partial charge >= 0.3 is 6.09 Å². The minimum Gasteiger partial charge on any atom is -0.445 e. The number of benzene rings is 1. The van der Waals surface area contributed by atoms with Crippen LogP contribution in [0.2, 0.25) is 0 Å². The summed E-state index contributed by atoms with van der Waals surface area (Å²) in [5.41, 5.74) is 0.890. The van der Waals surface area contributed by atoms with E-state index in [1.807, 2.05) is 30.3 Å². The minimum atomic E-state index is -3.60. The summed E-state index contributed by atoms with van der Waals surface area (Å²) in [5, 5.41) is 0. The van der Waals surface area contributed by atoms with E-state index in [-0.39, 0.29) is 24.9 Å². The topological polar surface area (TPSA) is 63.7 Å². The fourth-order valence-corrected chi connectivity index (χ4v) is 2.44. The van der Waals surface area contributed by atoms with Crippen LogP contribution in [0.25, 0.3) is 0 Å². The molecule has 0 saturated heterocycles. The average Bonchev–Trinajstić information content (AvgIpc) is 3.21. The summed E-state index contributed by atoms with van der Waals surface area (Å²) in [7, 11) is 1.57. The smallest absolute Gasteiger partial charge is 0.410 e. The van der Waals surface area contributed by atoms with Gasteiger partial charge in [0.15, 0.2) is 0 Å². The molecule has 0 heterocycles. The highest BCUT2D eigenvalue weighted by Crippen LogP contribution is 2.27. The number of rotatable bonds is 6. The van der Waals surface area contributed by atoms with Crippen LogP contribution in [0.1, 0.15) is 18.4 Å². The Kier molecular flexibility index (Phi) is 4.88. The Bertz CT molecular complexity index is 557. The molecule has 1 amide bonds. The van der Waals surface area contributed by atoms with Gasteiger partial charge in [-0.1, -0.05) is 30.3 Å². The summed E-state index contributed by atoms with van der Waals surface area (Å²) in [6.45, 7) is 0.251. The van der Waals surface area contributed by atoms with E-state index in [1.54, 1.807) is 0 Å². The van der Waals surface area contributed by atoms with Crippen LogP contribution < -0.4 is 0 Å². The SMILES string of the molecule is O=C(OCc1ccccc1)N(CCS(=O)(=O)Cl)C1CC1. The Balaban J connectivity index is 1.87. The lowest BCUT2D eigenvalue weighted by Crippen LogP contribution is -2.36. The standard InChI is InChI=1S/C13H16ClNO4S/c14-20(17,18)9-8-15(12-6-7-12)13(16)19-10-11-4-2-1-3-5-11/h1-5,12H,6-10H2. The Morgan fingerprint density at radius 2 is 1.95 bits per heavy atom. The summed E-state index contributed by atoms with van der Waals surface area (Å²) < 4.78 is 27.1. The monoisotopic (exact) mass is 317 g/mol. The zero-order valence-electron chi connectivity index (χ0n) is 10.9. The second-order valence-electron chi connectivity index (χ2n) is 4.71. The highest BCUT2D eigenvalue weighted by Gasteiger charge is 2.34. The lowest BCUT2D eigenvalue weighted by atomic mass is 10.2. The van der Waals surface area contributed by atoms with Gasteiger partial charge in [0.1, 0.15) is 6.61 Å². The molecule has 0 N–H and O–H groups in total. The number of amides is 1. The van der Waals surface area contributed by atoms with Gasteiger partial charge in [0.05, 0.1) is 5.75 Å². The molecule has 1 fully saturated rings. The van der Waals surface area contributed by atoms with Crippen LogP contribution in [0.15, 0.2) is 30.3 Å². The first kappa shape index (κ1) is 15.1. The Labute approximate surface area is 122 Å². The third kappa shape index (κ3) is 5.02. The normalized spacial score (nSPS) is 14.8. The number of carbonyl (C=O) groups is 1. The first-order chi connectivity index (χ1) is 9.46. The maximum atomic E-state index is 12.0. The van der Waals surface area contributed by atoms with Gasteiger partial charge < -0.3 is 9.64 Å². The average molecular weight is 318 g/mol. The summed E-state index contributed by atoms with van der Waals surface area (Å²) in [5.74, 6) is -0.258. The molecule has 0 bridgehead atoms. The number of nitrogens with zero attached hydrogens (tertiary/aromatic N) is 1. The molecule has 20 heavy (non-hydrogen) atoms. The fraction of sp³-hybridized carbons (Fsp3) is 0.462. The molecule has 1 aromatic carbocycles. The third-order valence-corrected chi connectivity index (χ3v) is 4.14. The van der Waals surface area contributed by atoms with Gasteiger partial charge in [-0.15, -0.1) is 0 Å². The van der Waals surface area contributed by atoms with Gasteiger partial charge in [0.2, 0.25) is 9.05 Å². The molecule has 0 radical (unpaired) electrons. The summed E-state index contributed by atoms with van der Waals surface area (Å²) >= 11 is 0. The van der Waals surface area contributed by atoms with Crippen molar-refractivity contribution in [3.05, 3.63) is 35.9 Å². The van der Waals surface area contributed by atoms with Crippen LogP contribution in [-0.4, -0.2) is 37.8 Å². The van der Waals surface area contributed by atoms with E-state index in [1.165, 1.54) is 4.90 Å². The molecular weight excluding hydrogens is 302 g/mol. The van der Waals surface area contributed by atoms with Gasteiger partial charge in [-0.2, -0.15) is 0 Å². The quantitative estimate of drug-likeness (QED) is 0.756. The highest BCUT2D eigenvalue weighted by molar-refractivity contribution is 8.13. The molecule has 0 aromatic heterocycles. The molecule has 5 nitrogen and oxygen atoms in total. The molecule has 0 aliphatic heterocycles. The van der Waals surface area contributed by atoms with E-state index < -0.39 is 15.1 Å². The van der Waals surface area contributed by atoms with Crippen molar-refractivity contribution in [2.75, 3.05) is 12.3 Å². The molecular formula is C13H16ClNO4S. The van der Waals surface area contributed by atoms with Crippen molar-refractivity contribution in [3.63, 3.8) is 0 Å². The van der Waals surface area contributed by atoms with E-state index in [0.717, 1.165) is 18.4 Å². The molecule has 1 saturated carbocycles. The second-order valence-corrected chi connectivity index (χ2v) is 7.60. The summed E-state index contributed by atoms with van der Waals surface area (Å²) in [4.78, 5) is 13.4. The van der Waals surface area contributed by atoms with Crippen molar-refractivity contribution >= 4 is 25.8 Å². The highest BCUT2D eigenvalue weighted by atomic mass is 35.7. The first-order valence-electron chi connectivity index (χ1n) is 6.35. The van der Waals surface area contributed by atoms with Gasteiger partial charge in [0.25, 0.3) is 0 Å². The van der Waals surface area contributed by atoms with Crippen molar-refractivity contribution in [2.24, 2.45) is 0 Å². The lowest BCUT2D eigenvalue weighted by Gasteiger charge is -2.21. The molecule has 1 aliphatic carbocycles. The van der Waals surface area contributed by atoms with E-state index in [0.29, 0.717) is 0 Å². The number of carbonyl (C=O) groups excluding carboxylic acids is 1. The predicted octanol–water partition coefficient (Wildman–Crippen LogP) is 2.36.